The fraction of sp³-hybridized carbons (Fsp3) is 0.120. The van der Waals surface area contributed by atoms with Crippen LogP contribution < -0.4 is 15.4 Å². The van der Waals surface area contributed by atoms with Crippen LogP contribution in [0.15, 0.2) is 81.6 Å². The maximum absolute atomic E-state index is 12.9. The SMILES string of the molecule is COc1ccc(-c2noc(CNC(=O)/C(=C/c3ccco3)NC(=O)c3ccccc3C)n2)cc1. The maximum Gasteiger partial charge on any atom is 0.268 e. The van der Waals surface area contributed by atoms with Gasteiger partial charge in [0.15, 0.2) is 0 Å². The minimum absolute atomic E-state index is 0.0121. The summed E-state index contributed by atoms with van der Waals surface area (Å²) in [7, 11) is 1.59. The zero-order valence-corrected chi connectivity index (χ0v) is 18.6. The molecule has 0 unspecified atom stereocenters. The number of furan rings is 1. The fourth-order valence-electron chi connectivity index (χ4n) is 3.13. The standard InChI is InChI=1S/C25H22N4O5/c1-16-6-3-4-8-20(16)24(30)27-21(14-19-7-5-13-33-19)25(31)26-15-22-28-23(29-34-22)17-9-11-18(32-2)12-10-17/h3-14H,15H2,1-2H3,(H,26,31)(H,27,30)/b21-14-. The molecule has 2 aromatic carbocycles. The molecule has 172 valence electrons. The highest BCUT2D eigenvalue weighted by Gasteiger charge is 2.18. The zero-order chi connectivity index (χ0) is 23.9. The predicted octanol–water partition coefficient (Wildman–Crippen LogP) is 3.73. The molecule has 34 heavy (non-hydrogen) atoms. The third kappa shape index (κ3) is 5.39. The van der Waals surface area contributed by atoms with Crippen LogP contribution in [0, 0.1) is 6.92 Å². The molecule has 4 rings (SSSR count). The van der Waals surface area contributed by atoms with Crippen LogP contribution in [-0.2, 0) is 11.3 Å². The zero-order valence-electron chi connectivity index (χ0n) is 18.6. The minimum Gasteiger partial charge on any atom is -0.497 e. The van der Waals surface area contributed by atoms with Crippen molar-refractivity contribution >= 4 is 17.9 Å². The number of amides is 2. The Morgan fingerprint density at radius 3 is 2.56 bits per heavy atom. The molecule has 0 saturated heterocycles. The van der Waals surface area contributed by atoms with Gasteiger partial charge in [-0.3, -0.25) is 9.59 Å². The van der Waals surface area contributed by atoms with Crippen LogP contribution in [0.4, 0.5) is 0 Å². The van der Waals surface area contributed by atoms with E-state index in [0.29, 0.717) is 22.9 Å². The summed E-state index contributed by atoms with van der Waals surface area (Å²) in [6, 6.07) is 17.6. The summed E-state index contributed by atoms with van der Waals surface area (Å²) >= 11 is 0. The quantitative estimate of drug-likeness (QED) is 0.386. The number of carbonyl (C=O) groups is 2. The Morgan fingerprint density at radius 1 is 1.06 bits per heavy atom. The number of methoxy groups -OCH3 is 1. The molecule has 2 aromatic heterocycles. The number of hydrogen-bond acceptors (Lipinski definition) is 7. The first-order valence-electron chi connectivity index (χ1n) is 10.4. The normalized spacial score (nSPS) is 11.2. The van der Waals surface area contributed by atoms with Gasteiger partial charge in [0.2, 0.25) is 11.7 Å². The molecular weight excluding hydrogens is 436 g/mol. The number of benzene rings is 2. The Balaban J connectivity index is 1.46. The van der Waals surface area contributed by atoms with Crippen molar-refractivity contribution in [2.75, 3.05) is 7.11 Å². The molecule has 0 radical (unpaired) electrons. The largest absolute Gasteiger partial charge is 0.497 e. The molecule has 2 amide bonds. The highest BCUT2D eigenvalue weighted by atomic mass is 16.5. The second kappa shape index (κ2) is 10.3. The van der Waals surface area contributed by atoms with Crippen molar-refractivity contribution in [1.82, 2.24) is 20.8 Å². The van der Waals surface area contributed by atoms with Gasteiger partial charge in [-0.15, -0.1) is 0 Å². The first-order valence-corrected chi connectivity index (χ1v) is 10.4. The summed E-state index contributed by atoms with van der Waals surface area (Å²) in [5, 5.41) is 9.29. The van der Waals surface area contributed by atoms with Crippen molar-refractivity contribution in [3.63, 3.8) is 0 Å². The lowest BCUT2D eigenvalue weighted by molar-refractivity contribution is -0.118. The predicted molar refractivity (Wildman–Crippen MR) is 123 cm³/mol. The van der Waals surface area contributed by atoms with Gasteiger partial charge >= 0.3 is 0 Å². The molecule has 2 N–H and O–H groups in total. The van der Waals surface area contributed by atoms with Crippen LogP contribution in [0.5, 0.6) is 5.75 Å². The highest BCUT2D eigenvalue weighted by molar-refractivity contribution is 6.05. The number of aryl methyl sites for hydroxylation is 1. The van der Waals surface area contributed by atoms with Crippen LogP contribution in [0.1, 0.15) is 27.6 Å². The Bertz CT molecular complexity index is 1310. The number of ether oxygens (including phenoxy) is 1. The molecule has 0 saturated carbocycles. The molecule has 0 aliphatic carbocycles. The van der Waals surface area contributed by atoms with Gasteiger partial charge in [-0.25, -0.2) is 0 Å². The number of aromatic nitrogens is 2. The number of nitrogens with one attached hydrogen (secondary N) is 2. The molecule has 0 fully saturated rings. The van der Waals surface area contributed by atoms with Crippen molar-refractivity contribution in [2.24, 2.45) is 0 Å². The first kappa shape index (κ1) is 22.5. The van der Waals surface area contributed by atoms with E-state index < -0.39 is 11.8 Å². The summed E-state index contributed by atoms with van der Waals surface area (Å²) in [6.07, 6.45) is 2.92. The summed E-state index contributed by atoms with van der Waals surface area (Å²) < 4.78 is 15.7. The van der Waals surface area contributed by atoms with Crippen molar-refractivity contribution in [3.05, 3.63) is 95.4 Å². The van der Waals surface area contributed by atoms with E-state index in [1.54, 1.807) is 55.6 Å². The molecule has 9 nitrogen and oxygen atoms in total. The first-order chi connectivity index (χ1) is 16.5. The molecule has 0 spiro atoms. The van der Waals surface area contributed by atoms with Crippen LogP contribution in [0.3, 0.4) is 0 Å². The smallest absolute Gasteiger partial charge is 0.268 e. The molecule has 0 aliphatic rings. The van der Waals surface area contributed by atoms with E-state index in [2.05, 4.69) is 20.8 Å². The third-order valence-electron chi connectivity index (χ3n) is 4.93. The van der Waals surface area contributed by atoms with E-state index >= 15 is 0 Å². The lowest BCUT2D eigenvalue weighted by Gasteiger charge is -2.11. The molecule has 0 bridgehead atoms. The van der Waals surface area contributed by atoms with E-state index in [9.17, 15) is 9.59 Å². The Morgan fingerprint density at radius 2 is 1.85 bits per heavy atom. The van der Waals surface area contributed by atoms with Gasteiger partial charge in [0.1, 0.15) is 17.2 Å². The van der Waals surface area contributed by atoms with E-state index in [1.807, 2.05) is 19.1 Å². The molecule has 0 atom stereocenters. The number of rotatable bonds is 8. The van der Waals surface area contributed by atoms with Crippen molar-refractivity contribution in [2.45, 2.75) is 13.5 Å². The molecule has 2 heterocycles. The van der Waals surface area contributed by atoms with Gasteiger partial charge in [0, 0.05) is 17.2 Å². The molecular formula is C25H22N4O5. The summed E-state index contributed by atoms with van der Waals surface area (Å²) in [5.74, 6) is 0.763. The molecule has 4 aromatic rings. The van der Waals surface area contributed by atoms with E-state index in [4.69, 9.17) is 13.7 Å². The Labute approximate surface area is 195 Å². The van der Waals surface area contributed by atoms with Crippen molar-refractivity contribution in [1.29, 1.82) is 0 Å². The topological polar surface area (TPSA) is 119 Å². The summed E-state index contributed by atoms with van der Waals surface area (Å²) in [4.78, 5) is 30.0. The molecule has 9 heteroatoms. The second-order valence-electron chi connectivity index (χ2n) is 7.27. The third-order valence-corrected chi connectivity index (χ3v) is 4.93. The maximum atomic E-state index is 12.9. The second-order valence-corrected chi connectivity index (χ2v) is 7.27. The van der Waals surface area contributed by atoms with Crippen LogP contribution in [0.2, 0.25) is 0 Å². The van der Waals surface area contributed by atoms with Crippen LogP contribution >= 0.6 is 0 Å². The van der Waals surface area contributed by atoms with E-state index in [-0.39, 0.29) is 18.1 Å². The van der Waals surface area contributed by atoms with E-state index in [0.717, 1.165) is 11.1 Å². The lowest BCUT2D eigenvalue weighted by Crippen LogP contribution is -2.34. The Kier molecular flexibility index (Phi) is 6.83. The van der Waals surface area contributed by atoms with Gasteiger partial charge in [-0.2, -0.15) is 4.98 Å². The van der Waals surface area contributed by atoms with Gasteiger partial charge in [-0.05, 0) is 55.0 Å². The average molecular weight is 458 g/mol. The van der Waals surface area contributed by atoms with Crippen molar-refractivity contribution < 1.29 is 23.3 Å². The van der Waals surface area contributed by atoms with Gasteiger partial charge in [0.25, 0.3) is 11.8 Å². The van der Waals surface area contributed by atoms with Crippen molar-refractivity contribution in [3.8, 4) is 17.1 Å². The van der Waals surface area contributed by atoms with Gasteiger partial charge in [0.05, 0.1) is 19.9 Å². The Hall–Kier alpha value is -4.66. The lowest BCUT2D eigenvalue weighted by atomic mass is 10.1. The number of hydrogen-bond donors (Lipinski definition) is 2. The number of carbonyl (C=O) groups excluding carboxylic acids is 2. The molecule has 0 aliphatic heterocycles. The monoisotopic (exact) mass is 458 g/mol. The summed E-state index contributed by atoms with van der Waals surface area (Å²) in [6.45, 7) is 1.79. The fourth-order valence-corrected chi connectivity index (χ4v) is 3.13. The van der Waals surface area contributed by atoms with Crippen LogP contribution in [-0.4, -0.2) is 29.1 Å². The van der Waals surface area contributed by atoms with Gasteiger partial charge < -0.3 is 24.3 Å². The van der Waals surface area contributed by atoms with Gasteiger partial charge in [-0.1, -0.05) is 23.4 Å². The highest BCUT2D eigenvalue weighted by Crippen LogP contribution is 2.19. The average Bonchev–Trinajstić information content (AvgIpc) is 3.55. The number of nitrogens with zero attached hydrogens (tertiary/aromatic N) is 2. The van der Waals surface area contributed by atoms with E-state index in [1.165, 1.54) is 12.3 Å². The minimum atomic E-state index is -0.539. The van der Waals surface area contributed by atoms with Crippen LogP contribution in [0.25, 0.3) is 17.5 Å². The summed E-state index contributed by atoms with van der Waals surface area (Å²) in [5.41, 5.74) is 2.00.